The van der Waals surface area contributed by atoms with Crippen LogP contribution in [0.4, 0.5) is 4.79 Å². The van der Waals surface area contributed by atoms with Gasteiger partial charge < -0.3 is 9.84 Å². The number of nitrogens with one attached hydrogen (secondary N) is 2. The third-order valence-corrected chi connectivity index (χ3v) is 4.71. The van der Waals surface area contributed by atoms with E-state index < -0.39 is 17.6 Å². The molecule has 1 atom stereocenters. The standard InChI is InChI=1S/C21H22N2O4/c1-3-12-21(2,19(24)25)23-22-20(26)27-13-18-16-10-6-4-8-14(16)15-9-5-7-11-17(15)18/h3-12,18,23H,13H2,1-2H3,(H,22,26)(H,24,25)/t21-/m0/s1. The van der Waals surface area contributed by atoms with E-state index in [2.05, 4.69) is 23.0 Å². The highest BCUT2D eigenvalue weighted by Gasteiger charge is 2.31. The Morgan fingerprint density at radius 3 is 2.19 bits per heavy atom. The Labute approximate surface area is 157 Å². The van der Waals surface area contributed by atoms with Crippen molar-refractivity contribution in [1.82, 2.24) is 10.9 Å². The molecular formula is C21H22N2O4. The molecule has 0 saturated carbocycles. The summed E-state index contributed by atoms with van der Waals surface area (Å²) in [5, 5.41) is 9.29. The van der Waals surface area contributed by atoms with Crippen LogP contribution >= 0.6 is 0 Å². The van der Waals surface area contributed by atoms with Gasteiger partial charge in [0.1, 0.15) is 12.1 Å². The minimum Gasteiger partial charge on any atom is -0.480 e. The molecule has 3 N–H and O–H groups in total. The molecule has 2 aromatic rings. The van der Waals surface area contributed by atoms with E-state index in [4.69, 9.17) is 4.74 Å². The second kappa shape index (κ2) is 7.63. The van der Waals surface area contributed by atoms with Crippen molar-refractivity contribution in [3.05, 3.63) is 71.8 Å². The molecule has 1 aliphatic carbocycles. The second-order valence-electron chi connectivity index (χ2n) is 6.58. The Kier molecular flexibility index (Phi) is 5.28. The lowest BCUT2D eigenvalue weighted by molar-refractivity contribution is -0.142. The molecule has 0 bridgehead atoms. The average molecular weight is 366 g/mol. The molecule has 0 aliphatic heterocycles. The zero-order chi connectivity index (χ0) is 19.4. The third kappa shape index (κ3) is 3.71. The molecule has 0 saturated heterocycles. The number of hydrazine groups is 1. The van der Waals surface area contributed by atoms with Gasteiger partial charge in [-0.1, -0.05) is 60.7 Å². The molecule has 6 heteroatoms. The maximum absolute atomic E-state index is 12.1. The van der Waals surface area contributed by atoms with Gasteiger partial charge in [0, 0.05) is 5.92 Å². The molecule has 140 valence electrons. The lowest BCUT2D eigenvalue weighted by Gasteiger charge is -2.23. The summed E-state index contributed by atoms with van der Waals surface area (Å²) in [5.41, 5.74) is 7.92. The number of carboxylic acids is 1. The largest absolute Gasteiger partial charge is 0.480 e. The normalized spacial score (nSPS) is 15.0. The van der Waals surface area contributed by atoms with E-state index in [9.17, 15) is 14.7 Å². The van der Waals surface area contributed by atoms with Crippen LogP contribution < -0.4 is 10.9 Å². The van der Waals surface area contributed by atoms with Crippen LogP contribution in [0, 0.1) is 0 Å². The van der Waals surface area contributed by atoms with Gasteiger partial charge >= 0.3 is 12.1 Å². The first-order chi connectivity index (χ1) is 13.0. The van der Waals surface area contributed by atoms with Crippen LogP contribution in [0.1, 0.15) is 30.9 Å². The SMILES string of the molecule is CC=C[C@](C)(NNC(=O)OCC1c2ccccc2-c2ccccc21)C(=O)O. The summed E-state index contributed by atoms with van der Waals surface area (Å²) >= 11 is 0. The van der Waals surface area contributed by atoms with Crippen LogP contribution in [-0.4, -0.2) is 29.3 Å². The van der Waals surface area contributed by atoms with E-state index in [1.54, 1.807) is 13.0 Å². The van der Waals surface area contributed by atoms with Crippen molar-refractivity contribution >= 4 is 12.1 Å². The highest BCUT2D eigenvalue weighted by atomic mass is 16.6. The molecule has 3 rings (SSSR count). The van der Waals surface area contributed by atoms with Gasteiger partial charge in [0.05, 0.1) is 0 Å². The van der Waals surface area contributed by atoms with Crippen molar-refractivity contribution in [3.63, 3.8) is 0 Å². The number of fused-ring (bicyclic) bond motifs is 3. The van der Waals surface area contributed by atoms with E-state index in [0.717, 1.165) is 22.3 Å². The number of amides is 1. The zero-order valence-corrected chi connectivity index (χ0v) is 15.2. The van der Waals surface area contributed by atoms with Crippen LogP contribution in [0.25, 0.3) is 11.1 Å². The Hall–Kier alpha value is -3.12. The molecule has 1 amide bonds. The van der Waals surface area contributed by atoms with Crippen molar-refractivity contribution < 1.29 is 19.4 Å². The van der Waals surface area contributed by atoms with E-state index in [1.165, 1.54) is 13.0 Å². The van der Waals surface area contributed by atoms with Crippen molar-refractivity contribution in [2.45, 2.75) is 25.3 Å². The molecule has 1 aliphatic rings. The first kappa shape index (κ1) is 18.7. The first-order valence-corrected chi connectivity index (χ1v) is 8.71. The van der Waals surface area contributed by atoms with Crippen LogP contribution in [0.3, 0.4) is 0 Å². The average Bonchev–Trinajstić information content (AvgIpc) is 2.99. The minimum absolute atomic E-state index is 0.0513. The molecule has 0 fully saturated rings. The maximum Gasteiger partial charge on any atom is 0.421 e. The van der Waals surface area contributed by atoms with Gasteiger partial charge in [0.2, 0.25) is 0 Å². The van der Waals surface area contributed by atoms with Crippen LogP contribution in [0.5, 0.6) is 0 Å². The molecule has 6 nitrogen and oxygen atoms in total. The maximum atomic E-state index is 12.1. The van der Waals surface area contributed by atoms with E-state index in [1.807, 2.05) is 36.4 Å². The number of carbonyl (C=O) groups excluding carboxylic acids is 1. The smallest absolute Gasteiger partial charge is 0.421 e. The molecule has 27 heavy (non-hydrogen) atoms. The molecule has 0 aromatic heterocycles. The highest BCUT2D eigenvalue weighted by Crippen LogP contribution is 2.44. The summed E-state index contributed by atoms with van der Waals surface area (Å²) in [7, 11) is 0. The van der Waals surface area contributed by atoms with Gasteiger partial charge in [-0.05, 0) is 36.1 Å². The van der Waals surface area contributed by atoms with Gasteiger partial charge in [-0.2, -0.15) is 0 Å². The first-order valence-electron chi connectivity index (χ1n) is 8.71. The van der Waals surface area contributed by atoms with Crippen molar-refractivity contribution in [3.8, 4) is 11.1 Å². The Bertz CT molecular complexity index is 848. The summed E-state index contributed by atoms with van der Waals surface area (Å²) in [5.74, 6) is -1.16. The molecule has 0 unspecified atom stereocenters. The molecule has 2 aromatic carbocycles. The van der Waals surface area contributed by atoms with Gasteiger partial charge in [0.15, 0.2) is 0 Å². The lowest BCUT2D eigenvalue weighted by atomic mass is 9.98. The summed E-state index contributed by atoms with van der Waals surface area (Å²) in [4.78, 5) is 23.4. The number of ether oxygens (including phenoxy) is 1. The Morgan fingerprint density at radius 1 is 1.11 bits per heavy atom. The van der Waals surface area contributed by atoms with E-state index in [0.29, 0.717) is 0 Å². The van der Waals surface area contributed by atoms with Crippen LogP contribution in [0.15, 0.2) is 60.7 Å². The van der Waals surface area contributed by atoms with Gasteiger partial charge in [-0.3, -0.25) is 5.43 Å². The monoisotopic (exact) mass is 366 g/mol. The molecular weight excluding hydrogens is 344 g/mol. The minimum atomic E-state index is -1.42. The fourth-order valence-corrected chi connectivity index (χ4v) is 3.32. The Morgan fingerprint density at radius 2 is 1.67 bits per heavy atom. The van der Waals surface area contributed by atoms with E-state index in [-0.39, 0.29) is 12.5 Å². The topological polar surface area (TPSA) is 87.7 Å². The van der Waals surface area contributed by atoms with Gasteiger partial charge in [-0.15, -0.1) is 0 Å². The number of carbonyl (C=O) groups is 2. The molecule has 0 spiro atoms. The lowest BCUT2D eigenvalue weighted by Crippen LogP contribution is -2.56. The predicted molar refractivity (Wildman–Crippen MR) is 102 cm³/mol. The van der Waals surface area contributed by atoms with Crippen molar-refractivity contribution in [2.75, 3.05) is 6.61 Å². The third-order valence-electron chi connectivity index (χ3n) is 4.71. The summed E-state index contributed by atoms with van der Waals surface area (Å²) < 4.78 is 5.36. The zero-order valence-electron chi connectivity index (χ0n) is 15.2. The number of hydrogen-bond donors (Lipinski definition) is 3. The molecule has 0 heterocycles. The summed E-state index contributed by atoms with van der Waals surface area (Å²) in [6, 6.07) is 16.1. The van der Waals surface area contributed by atoms with E-state index >= 15 is 0 Å². The van der Waals surface area contributed by atoms with Crippen molar-refractivity contribution in [1.29, 1.82) is 0 Å². The molecule has 0 radical (unpaired) electrons. The summed E-state index contributed by atoms with van der Waals surface area (Å²) in [6.45, 7) is 3.31. The Balaban J connectivity index is 1.67. The van der Waals surface area contributed by atoms with Crippen molar-refractivity contribution in [2.24, 2.45) is 0 Å². The number of benzene rings is 2. The summed E-state index contributed by atoms with van der Waals surface area (Å²) in [6.07, 6.45) is 2.31. The predicted octanol–water partition coefficient (Wildman–Crippen LogP) is 3.45. The van der Waals surface area contributed by atoms with Gasteiger partial charge in [0.25, 0.3) is 0 Å². The number of aliphatic carboxylic acids is 1. The fraction of sp³-hybridized carbons (Fsp3) is 0.238. The van der Waals surface area contributed by atoms with Gasteiger partial charge in [-0.25, -0.2) is 15.0 Å². The fourth-order valence-electron chi connectivity index (χ4n) is 3.32. The number of carboxylic acid groups (broad SMARTS) is 1. The van der Waals surface area contributed by atoms with Crippen LogP contribution in [-0.2, 0) is 9.53 Å². The van der Waals surface area contributed by atoms with Crippen LogP contribution in [0.2, 0.25) is 0 Å². The number of allylic oxidation sites excluding steroid dienone is 1. The quantitative estimate of drug-likeness (QED) is 0.538. The number of rotatable bonds is 6. The highest BCUT2D eigenvalue weighted by molar-refractivity contribution is 5.81. The second-order valence-corrected chi connectivity index (χ2v) is 6.58. The number of hydrogen-bond acceptors (Lipinski definition) is 4.